The van der Waals surface area contributed by atoms with Gasteiger partial charge in [0.2, 0.25) is 5.88 Å². The zero-order valence-electron chi connectivity index (χ0n) is 12.8. The molecule has 3 fully saturated rings. The van der Waals surface area contributed by atoms with Crippen molar-refractivity contribution in [1.29, 1.82) is 0 Å². The van der Waals surface area contributed by atoms with Crippen LogP contribution in [0.2, 0.25) is 0 Å². The van der Waals surface area contributed by atoms with Gasteiger partial charge in [0, 0.05) is 29.6 Å². The largest absolute Gasteiger partial charge is 0.438 e. The Morgan fingerprint density at radius 1 is 1.22 bits per heavy atom. The van der Waals surface area contributed by atoms with Crippen molar-refractivity contribution >= 4 is 17.4 Å². The Hall–Kier alpha value is -1.92. The number of benzene rings is 1. The van der Waals surface area contributed by atoms with Crippen molar-refractivity contribution in [2.45, 2.75) is 18.9 Å². The number of hydrogen-bond donors (Lipinski definition) is 1. The fourth-order valence-electron chi connectivity index (χ4n) is 3.43. The van der Waals surface area contributed by atoms with E-state index in [1.54, 1.807) is 12.1 Å². The van der Waals surface area contributed by atoms with E-state index in [9.17, 15) is 4.79 Å². The highest BCUT2D eigenvalue weighted by Crippen LogP contribution is 2.28. The van der Waals surface area contributed by atoms with Crippen molar-refractivity contribution in [2.75, 3.05) is 19.6 Å². The number of nitrogens with one attached hydrogen (secondary N) is 1. The van der Waals surface area contributed by atoms with E-state index in [0.29, 0.717) is 23.1 Å². The normalized spacial score (nSPS) is 26.0. The molecule has 3 saturated heterocycles. The predicted octanol–water partition coefficient (Wildman–Crippen LogP) is 2.76. The third kappa shape index (κ3) is 3.23. The van der Waals surface area contributed by atoms with Crippen LogP contribution in [0.3, 0.4) is 0 Å². The third-order valence-electron chi connectivity index (χ3n) is 4.73. The van der Waals surface area contributed by atoms with E-state index >= 15 is 0 Å². The van der Waals surface area contributed by atoms with E-state index in [2.05, 4.69) is 14.6 Å². The summed E-state index contributed by atoms with van der Waals surface area (Å²) in [5, 5.41) is 5.07. The van der Waals surface area contributed by atoms with E-state index in [4.69, 9.17) is 4.74 Å². The minimum atomic E-state index is 0.00367. The lowest BCUT2D eigenvalue weighted by molar-refractivity contribution is 0.0620. The molecule has 23 heavy (non-hydrogen) atoms. The van der Waals surface area contributed by atoms with E-state index in [-0.39, 0.29) is 11.9 Å². The monoisotopic (exact) mass is 329 g/mol. The minimum Gasteiger partial charge on any atom is -0.438 e. The molecule has 0 spiro atoms. The molecule has 5 rings (SSSR count). The van der Waals surface area contributed by atoms with Crippen molar-refractivity contribution in [1.82, 2.24) is 14.6 Å². The first-order valence-electron chi connectivity index (χ1n) is 7.99. The molecule has 2 aromatic rings. The van der Waals surface area contributed by atoms with Gasteiger partial charge in [-0.2, -0.15) is 4.37 Å². The summed E-state index contributed by atoms with van der Waals surface area (Å²) < 4.78 is 9.71. The van der Waals surface area contributed by atoms with Crippen molar-refractivity contribution in [3.05, 3.63) is 41.3 Å². The van der Waals surface area contributed by atoms with Gasteiger partial charge in [-0.3, -0.25) is 4.79 Å². The Morgan fingerprint density at radius 2 is 2.00 bits per heavy atom. The zero-order chi connectivity index (χ0) is 15.6. The molecule has 1 aromatic heterocycles. The molecule has 1 aromatic carbocycles. The topological polar surface area (TPSA) is 54.5 Å². The van der Waals surface area contributed by atoms with E-state index in [1.807, 2.05) is 23.6 Å². The maximum absolute atomic E-state index is 12.4. The van der Waals surface area contributed by atoms with Gasteiger partial charge in [0.15, 0.2) is 0 Å². The van der Waals surface area contributed by atoms with Crippen LogP contribution in [-0.2, 0) is 0 Å². The zero-order valence-corrected chi connectivity index (χ0v) is 13.6. The molecule has 2 bridgehead atoms. The first-order valence-corrected chi connectivity index (χ1v) is 8.83. The van der Waals surface area contributed by atoms with Crippen LogP contribution < -0.4 is 10.1 Å². The fraction of sp³-hybridized carbons (Fsp3) is 0.412. The Morgan fingerprint density at radius 3 is 2.61 bits per heavy atom. The van der Waals surface area contributed by atoms with Gasteiger partial charge in [0.05, 0.1) is 0 Å². The summed E-state index contributed by atoms with van der Waals surface area (Å²) in [5.74, 6) is 1.91. The molecule has 4 heterocycles. The Kier molecular flexibility index (Phi) is 4.01. The highest BCUT2D eigenvalue weighted by molar-refractivity contribution is 7.03. The van der Waals surface area contributed by atoms with Crippen molar-refractivity contribution < 1.29 is 9.53 Å². The Balaban J connectivity index is 1.38. The molecule has 0 radical (unpaired) electrons. The lowest BCUT2D eigenvalue weighted by Crippen LogP contribution is -2.57. The second-order valence-electron chi connectivity index (χ2n) is 6.18. The number of nitrogens with zero attached hydrogens (tertiary/aromatic N) is 2. The van der Waals surface area contributed by atoms with Crippen LogP contribution in [0.4, 0.5) is 0 Å². The van der Waals surface area contributed by atoms with Crippen molar-refractivity contribution in [2.24, 2.45) is 5.92 Å². The lowest BCUT2D eigenvalue weighted by Gasteiger charge is -2.44. The first-order chi connectivity index (χ1) is 11.3. The standard InChI is InChI=1S/C17H19N3O2S/c21-17(18-15-11-20-8-5-12(15)6-9-20)13-1-3-14(4-2-13)22-16-7-10-23-19-16/h1-4,7,10,12,15H,5-6,8-9,11H2,(H,18,21)/t15-/m0/s1. The SMILES string of the molecule is O=C(N[C@H]1CN2CCC1CC2)c1ccc(Oc2ccsn2)cc1. The number of ether oxygens (including phenoxy) is 1. The molecule has 1 atom stereocenters. The molecule has 5 nitrogen and oxygen atoms in total. The number of carbonyl (C=O) groups excluding carboxylic acids is 1. The summed E-state index contributed by atoms with van der Waals surface area (Å²) in [6, 6.07) is 9.33. The summed E-state index contributed by atoms with van der Waals surface area (Å²) in [7, 11) is 0. The molecule has 0 saturated carbocycles. The molecule has 120 valence electrons. The molecule has 1 amide bonds. The quantitative estimate of drug-likeness (QED) is 0.937. The number of aromatic nitrogens is 1. The predicted molar refractivity (Wildman–Crippen MR) is 89.0 cm³/mol. The fourth-order valence-corrected chi connectivity index (χ4v) is 3.87. The maximum atomic E-state index is 12.4. The van der Waals surface area contributed by atoms with E-state index < -0.39 is 0 Å². The Bertz CT molecular complexity index is 664. The van der Waals surface area contributed by atoms with Crippen LogP contribution >= 0.6 is 11.5 Å². The molecule has 1 N–H and O–H groups in total. The van der Waals surface area contributed by atoms with Crippen LogP contribution in [-0.4, -0.2) is 40.9 Å². The van der Waals surface area contributed by atoms with Gasteiger partial charge in [-0.15, -0.1) is 0 Å². The number of rotatable bonds is 4. The van der Waals surface area contributed by atoms with Crippen molar-refractivity contribution in [3.63, 3.8) is 0 Å². The summed E-state index contributed by atoms with van der Waals surface area (Å²) in [6.45, 7) is 3.35. The van der Waals surface area contributed by atoms with Gasteiger partial charge in [-0.1, -0.05) is 0 Å². The number of fused-ring (bicyclic) bond motifs is 3. The number of amides is 1. The second-order valence-corrected chi connectivity index (χ2v) is 6.85. The van der Waals surface area contributed by atoms with Gasteiger partial charge >= 0.3 is 0 Å². The molecular weight excluding hydrogens is 310 g/mol. The third-order valence-corrected chi connectivity index (χ3v) is 5.27. The highest BCUT2D eigenvalue weighted by Gasteiger charge is 2.34. The first kappa shape index (κ1) is 14.7. The van der Waals surface area contributed by atoms with Crippen LogP contribution in [0.5, 0.6) is 11.6 Å². The van der Waals surface area contributed by atoms with E-state index in [0.717, 1.165) is 6.54 Å². The summed E-state index contributed by atoms with van der Waals surface area (Å²) in [5.41, 5.74) is 0.673. The molecular formula is C17H19N3O2S. The Labute approximate surface area is 139 Å². The highest BCUT2D eigenvalue weighted by atomic mass is 32.1. The van der Waals surface area contributed by atoms with Crippen LogP contribution in [0.25, 0.3) is 0 Å². The lowest BCUT2D eigenvalue weighted by atomic mass is 9.84. The van der Waals surface area contributed by atoms with Gasteiger partial charge in [0.25, 0.3) is 5.91 Å². The average Bonchev–Trinajstić information content (AvgIpc) is 3.09. The summed E-state index contributed by atoms with van der Waals surface area (Å²) in [6.07, 6.45) is 2.40. The van der Waals surface area contributed by atoms with Gasteiger partial charge < -0.3 is 15.0 Å². The molecule has 3 aliphatic heterocycles. The van der Waals surface area contributed by atoms with Gasteiger partial charge in [0.1, 0.15) is 5.75 Å². The molecule has 3 aliphatic rings. The minimum absolute atomic E-state index is 0.00367. The molecule has 0 aliphatic carbocycles. The number of carbonyl (C=O) groups is 1. The number of hydrogen-bond acceptors (Lipinski definition) is 5. The summed E-state index contributed by atoms with van der Waals surface area (Å²) >= 11 is 1.35. The van der Waals surface area contributed by atoms with Crippen molar-refractivity contribution in [3.8, 4) is 11.6 Å². The van der Waals surface area contributed by atoms with Crippen LogP contribution in [0, 0.1) is 5.92 Å². The molecule has 6 heteroatoms. The molecule has 0 unspecified atom stereocenters. The van der Waals surface area contributed by atoms with Crippen LogP contribution in [0.1, 0.15) is 23.2 Å². The average molecular weight is 329 g/mol. The smallest absolute Gasteiger partial charge is 0.251 e. The van der Waals surface area contributed by atoms with Crippen LogP contribution in [0.15, 0.2) is 35.7 Å². The van der Waals surface area contributed by atoms with Gasteiger partial charge in [-0.05, 0) is 67.6 Å². The maximum Gasteiger partial charge on any atom is 0.251 e. The second kappa shape index (κ2) is 6.29. The van der Waals surface area contributed by atoms with E-state index in [1.165, 1.54) is 37.5 Å². The summed E-state index contributed by atoms with van der Waals surface area (Å²) in [4.78, 5) is 14.9. The van der Waals surface area contributed by atoms with Gasteiger partial charge in [-0.25, -0.2) is 0 Å². The number of piperidine rings is 3.